The van der Waals surface area contributed by atoms with Gasteiger partial charge in [-0.2, -0.15) is 8.78 Å². The Bertz CT molecular complexity index is 1530. The van der Waals surface area contributed by atoms with E-state index in [2.05, 4.69) is 0 Å². The van der Waals surface area contributed by atoms with Crippen LogP contribution in [0.4, 0.5) is 48.3 Å². The van der Waals surface area contributed by atoms with Crippen LogP contribution in [0.2, 0.25) is 0 Å². The largest absolute Gasteiger partial charge is 0.635 e. The third-order valence-corrected chi connectivity index (χ3v) is 5.16. The van der Waals surface area contributed by atoms with Gasteiger partial charge in [0.2, 0.25) is 29.1 Å². The monoisotopic (exact) mass is 548 g/mol. The summed E-state index contributed by atoms with van der Waals surface area (Å²) in [5.41, 5.74) is -2.16. The van der Waals surface area contributed by atoms with Crippen LogP contribution in [-0.4, -0.2) is 7.12 Å². The Hall–Kier alpha value is -4.23. The van der Waals surface area contributed by atoms with E-state index in [4.69, 9.17) is 9.31 Å². The lowest BCUT2D eigenvalue weighted by Gasteiger charge is -2.21. The lowest BCUT2D eigenvalue weighted by Crippen LogP contribution is -2.45. The maximum atomic E-state index is 14.6. The summed E-state index contributed by atoms with van der Waals surface area (Å²) >= 11 is 0. The third kappa shape index (κ3) is 4.61. The number of halogens is 11. The quantitative estimate of drug-likeness (QED) is 0.115. The minimum Gasteiger partial charge on any atom is -0.521 e. The fourth-order valence-corrected chi connectivity index (χ4v) is 3.31. The van der Waals surface area contributed by atoms with Crippen molar-refractivity contribution in [3.8, 4) is 22.6 Å². The van der Waals surface area contributed by atoms with Gasteiger partial charge in [-0.25, -0.2) is 39.5 Å². The van der Waals surface area contributed by atoms with Crippen molar-refractivity contribution in [1.82, 2.24) is 0 Å². The predicted octanol–water partition coefficient (Wildman–Crippen LogP) is 6.74. The molecule has 0 spiro atoms. The molecule has 0 atom stereocenters. The van der Waals surface area contributed by atoms with Crippen LogP contribution in [0.25, 0.3) is 11.1 Å². The van der Waals surface area contributed by atoms with Gasteiger partial charge in [0.25, 0.3) is 0 Å². The van der Waals surface area contributed by atoms with Crippen LogP contribution < -0.4 is 14.8 Å². The molecule has 196 valence electrons. The van der Waals surface area contributed by atoms with Crippen molar-refractivity contribution >= 4 is 12.6 Å². The molecule has 0 amide bonds. The van der Waals surface area contributed by atoms with Gasteiger partial charge in [-0.1, -0.05) is 24.3 Å². The maximum absolute atomic E-state index is 14.6. The highest BCUT2D eigenvalue weighted by Gasteiger charge is 2.37. The van der Waals surface area contributed by atoms with Crippen molar-refractivity contribution in [3.63, 3.8) is 0 Å². The van der Waals surface area contributed by atoms with E-state index in [1.807, 2.05) is 0 Å². The van der Waals surface area contributed by atoms with Crippen molar-refractivity contribution in [3.05, 3.63) is 113 Å². The second kappa shape index (κ2) is 10.3. The van der Waals surface area contributed by atoms with E-state index < -0.39 is 99.2 Å². The molecule has 38 heavy (non-hydrogen) atoms. The Labute approximate surface area is 206 Å². The fraction of sp³-hybridized carbons (Fsp3) is 0. The molecular weight excluding hydrogens is 540 g/mol. The normalized spacial score (nSPS) is 11.0. The SMILES string of the molecule is Fc1ccc(B(Oc2ccccc2-c2ccc(F)c(F)c2F)Oc2c(F)c(F)c(F)c(F)c2F)c(F)c1F. The van der Waals surface area contributed by atoms with Gasteiger partial charge in [0.05, 0.1) is 5.46 Å². The molecule has 0 bridgehead atoms. The third-order valence-electron chi connectivity index (χ3n) is 5.16. The van der Waals surface area contributed by atoms with Crippen LogP contribution >= 0.6 is 0 Å². The van der Waals surface area contributed by atoms with Gasteiger partial charge in [0.1, 0.15) is 5.75 Å². The average Bonchev–Trinajstić information content (AvgIpc) is 2.90. The first-order chi connectivity index (χ1) is 17.9. The van der Waals surface area contributed by atoms with E-state index in [-0.39, 0.29) is 0 Å². The summed E-state index contributed by atoms with van der Waals surface area (Å²) in [5.74, 6) is -26.1. The zero-order valence-electron chi connectivity index (χ0n) is 18.2. The van der Waals surface area contributed by atoms with Crippen molar-refractivity contribution in [2.75, 3.05) is 0 Å². The highest BCUT2D eigenvalue weighted by Crippen LogP contribution is 2.35. The van der Waals surface area contributed by atoms with Gasteiger partial charge in [0, 0.05) is 11.1 Å². The predicted molar refractivity (Wildman–Crippen MR) is 111 cm³/mol. The molecule has 0 aliphatic carbocycles. The molecule has 0 fully saturated rings. The van der Waals surface area contributed by atoms with Gasteiger partial charge in [-0.15, -0.1) is 0 Å². The van der Waals surface area contributed by atoms with Crippen LogP contribution in [-0.2, 0) is 0 Å². The lowest BCUT2D eigenvalue weighted by molar-refractivity contribution is 0.334. The fourth-order valence-electron chi connectivity index (χ4n) is 3.31. The number of hydrogen-bond donors (Lipinski definition) is 0. The van der Waals surface area contributed by atoms with E-state index in [1.165, 1.54) is 12.1 Å². The molecular formula is C24H8BF11O2. The second-order valence-electron chi connectivity index (χ2n) is 7.45. The molecule has 0 aromatic heterocycles. The summed E-state index contributed by atoms with van der Waals surface area (Å²) < 4.78 is 163. The van der Waals surface area contributed by atoms with Gasteiger partial charge < -0.3 is 9.31 Å². The summed E-state index contributed by atoms with van der Waals surface area (Å²) in [4.78, 5) is 0. The topological polar surface area (TPSA) is 18.5 Å². The molecule has 0 unspecified atom stereocenters. The van der Waals surface area contributed by atoms with Crippen LogP contribution in [0.15, 0.2) is 48.5 Å². The van der Waals surface area contributed by atoms with Gasteiger partial charge in [0.15, 0.2) is 40.7 Å². The molecule has 4 aromatic carbocycles. The zero-order chi connectivity index (χ0) is 27.9. The van der Waals surface area contributed by atoms with Crippen LogP contribution in [0, 0.1) is 64.0 Å². The summed E-state index contributed by atoms with van der Waals surface area (Å²) in [7, 11) is -2.60. The minimum absolute atomic E-state index is 0.340. The molecule has 0 saturated heterocycles. The molecule has 0 N–H and O–H groups in total. The summed E-state index contributed by atoms with van der Waals surface area (Å²) in [6.45, 7) is 0. The minimum atomic E-state index is -2.60. The van der Waals surface area contributed by atoms with Crippen LogP contribution in [0.5, 0.6) is 11.5 Å². The molecule has 0 radical (unpaired) electrons. The van der Waals surface area contributed by atoms with E-state index in [0.717, 1.165) is 18.2 Å². The Balaban J connectivity index is 1.89. The Kier molecular flexibility index (Phi) is 7.25. The first kappa shape index (κ1) is 26.8. The van der Waals surface area contributed by atoms with Crippen LogP contribution in [0.1, 0.15) is 0 Å². The highest BCUT2D eigenvalue weighted by atomic mass is 19.2. The van der Waals surface area contributed by atoms with Gasteiger partial charge in [-0.3, -0.25) is 0 Å². The zero-order valence-corrected chi connectivity index (χ0v) is 18.2. The molecule has 0 heterocycles. The first-order valence-corrected chi connectivity index (χ1v) is 10.1. The molecule has 4 rings (SSSR count). The average molecular weight is 548 g/mol. The first-order valence-electron chi connectivity index (χ1n) is 10.1. The lowest BCUT2D eigenvalue weighted by atomic mass is 9.77. The molecule has 0 aliphatic heterocycles. The van der Waals surface area contributed by atoms with Crippen molar-refractivity contribution in [2.45, 2.75) is 0 Å². The number of benzene rings is 4. The smallest absolute Gasteiger partial charge is 0.521 e. The summed E-state index contributed by atoms with van der Waals surface area (Å²) in [6, 6.07) is 6.65. The molecule has 0 saturated carbocycles. The van der Waals surface area contributed by atoms with Gasteiger partial charge >= 0.3 is 7.12 Å². The summed E-state index contributed by atoms with van der Waals surface area (Å²) in [6.07, 6.45) is 0. The van der Waals surface area contributed by atoms with E-state index in [1.54, 1.807) is 0 Å². The molecule has 0 aliphatic rings. The van der Waals surface area contributed by atoms with E-state index in [9.17, 15) is 48.3 Å². The molecule has 2 nitrogen and oxygen atoms in total. The van der Waals surface area contributed by atoms with Crippen molar-refractivity contribution in [1.29, 1.82) is 0 Å². The van der Waals surface area contributed by atoms with E-state index >= 15 is 0 Å². The Morgan fingerprint density at radius 2 is 0.947 bits per heavy atom. The Morgan fingerprint density at radius 3 is 1.58 bits per heavy atom. The van der Waals surface area contributed by atoms with E-state index in [0.29, 0.717) is 18.2 Å². The summed E-state index contributed by atoms with van der Waals surface area (Å²) in [5, 5.41) is 0. The number of hydrogen-bond acceptors (Lipinski definition) is 2. The molecule has 14 heteroatoms. The second-order valence-corrected chi connectivity index (χ2v) is 7.45. The van der Waals surface area contributed by atoms with Crippen molar-refractivity contribution in [2.24, 2.45) is 0 Å². The molecule has 4 aromatic rings. The Morgan fingerprint density at radius 1 is 0.421 bits per heavy atom. The standard InChI is InChI=1S/C24H8BF11O2/c26-12-7-5-10(15(28)17(12)30)9-3-1-2-4-14(9)37-25(11-6-8-13(27)18(31)16(11)29)38-24-22(35)20(33)19(32)21(34)23(24)36/h1-8H. The maximum Gasteiger partial charge on any atom is 0.635 e. The van der Waals surface area contributed by atoms with Crippen LogP contribution in [0.3, 0.4) is 0 Å². The number of rotatable bonds is 6. The van der Waals surface area contributed by atoms with Crippen molar-refractivity contribution < 1.29 is 57.6 Å². The van der Waals surface area contributed by atoms with Gasteiger partial charge in [-0.05, 0) is 24.3 Å². The highest BCUT2D eigenvalue weighted by molar-refractivity contribution is 6.62. The number of para-hydroxylation sites is 1.